The smallest absolute Gasteiger partial charge is 0.311 e. The number of hydrogen-bond acceptors (Lipinski definition) is 5. The van der Waals surface area contributed by atoms with Crippen molar-refractivity contribution in [2.75, 3.05) is 13.7 Å². The minimum atomic E-state index is -0.573. The monoisotopic (exact) mass is 410 g/mol. The molecular weight excluding hydrogens is 392 g/mol. The molecule has 9 heteroatoms. The fourth-order valence-corrected chi connectivity index (χ4v) is 2.68. The van der Waals surface area contributed by atoms with Gasteiger partial charge in [0.05, 0.1) is 22.2 Å². The van der Waals surface area contributed by atoms with Crippen LogP contribution in [0.15, 0.2) is 22.7 Å². The van der Waals surface area contributed by atoms with Crippen molar-refractivity contribution in [1.29, 1.82) is 0 Å². The summed E-state index contributed by atoms with van der Waals surface area (Å²) in [6.07, 6.45) is 0.693. The maximum atomic E-state index is 12.2. The molecule has 0 saturated heterocycles. The van der Waals surface area contributed by atoms with Crippen molar-refractivity contribution < 1.29 is 14.5 Å². The number of aryl methyl sites for hydroxylation is 2. The minimum absolute atomic E-state index is 0.122. The number of ether oxygens (including phenoxy) is 1. The van der Waals surface area contributed by atoms with E-state index in [2.05, 4.69) is 26.3 Å². The van der Waals surface area contributed by atoms with Crippen LogP contribution < -0.4 is 10.1 Å². The molecule has 0 aliphatic heterocycles. The quantitative estimate of drug-likeness (QED) is 0.429. The molecule has 134 valence electrons. The number of rotatable bonds is 7. The van der Waals surface area contributed by atoms with Crippen molar-refractivity contribution >= 4 is 27.5 Å². The highest BCUT2D eigenvalue weighted by Crippen LogP contribution is 2.27. The van der Waals surface area contributed by atoms with Gasteiger partial charge in [0, 0.05) is 30.4 Å². The van der Waals surface area contributed by atoms with Gasteiger partial charge < -0.3 is 10.1 Å². The van der Waals surface area contributed by atoms with Crippen LogP contribution in [0.1, 0.15) is 28.2 Å². The van der Waals surface area contributed by atoms with Crippen LogP contribution in [0.5, 0.6) is 5.75 Å². The predicted molar refractivity (Wildman–Crippen MR) is 96.0 cm³/mol. The first-order valence-corrected chi connectivity index (χ1v) is 8.44. The van der Waals surface area contributed by atoms with E-state index in [0.717, 1.165) is 15.9 Å². The molecule has 8 nitrogen and oxygen atoms in total. The summed E-state index contributed by atoms with van der Waals surface area (Å²) in [7, 11) is 1.35. The molecule has 0 spiro atoms. The lowest BCUT2D eigenvalue weighted by molar-refractivity contribution is -0.385. The average Bonchev–Trinajstić information content (AvgIpc) is 2.84. The Labute approximate surface area is 153 Å². The van der Waals surface area contributed by atoms with E-state index >= 15 is 0 Å². The number of benzene rings is 1. The largest absolute Gasteiger partial charge is 0.490 e. The Hall–Kier alpha value is -2.42. The lowest BCUT2D eigenvalue weighted by Gasteiger charge is -2.08. The highest BCUT2D eigenvalue weighted by molar-refractivity contribution is 9.10. The fraction of sp³-hybridized carbons (Fsp3) is 0.375. The Morgan fingerprint density at radius 2 is 2.16 bits per heavy atom. The molecule has 25 heavy (non-hydrogen) atoms. The van der Waals surface area contributed by atoms with Crippen molar-refractivity contribution in [3.63, 3.8) is 0 Å². The zero-order chi connectivity index (χ0) is 18.6. The molecule has 1 amide bonds. The van der Waals surface area contributed by atoms with Gasteiger partial charge in [-0.1, -0.05) is 0 Å². The third-order valence-electron chi connectivity index (χ3n) is 3.76. The Morgan fingerprint density at radius 3 is 2.72 bits per heavy atom. The second kappa shape index (κ2) is 8.11. The number of nitro benzene ring substituents is 1. The average molecular weight is 411 g/mol. The zero-order valence-electron chi connectivity index (χ0n) is 14.2. The topological polar surface area (TPSA) is 99.3 Å². The highest BCUT2D eigenvalue weighted by atomic mass is 79.9. The van der Waals surface area contributed by atoms with Gasteiger partial charge in [-0.25, -0.2) is 0 Å². The lowest BCUT2D eigenvalue weighted by Crippen LogP contribution is -2.25. The SMILES string of the molecule is COc1ccc(C(=O)NCCCn2nc(C)c(Br)c2C)cc1[N+](=O)[O-]. The molecule has 0 aliphatic carbocycles. The Bertz CT molecular complexity index is 804. The minimum Gasteiger partial charge on any atom is -0.490 e. The molecule has 1 aromatic carbocycles. The Kier molecular flexibility index (Phi) is 6.13. The van der Waals surface area contributed by atoms with Gasteiger partial charge in [-0.2, -0.15) is 5.10 Å². The third kappa shape index (κ3) is 4.36. The number of methoxy groups -OCH3 is 1. The van der Waals surface area contributed by atoms with E-state index in [4.69, 9.17) is 4.74 Å². The second-order valence-electron chi connectivity index (χ2n) is 5.46. The van der Waals surface area contributed by atoms with Gasteiger partial charge in [0.25, 0.3) is 5.91 Å². The number of nitro groups is 1. The summed E-state index contributed by atoms with van der Waals surface area (Å²) in [6, 6.07) is 4.13. The first-order chi connectivity index (χ1) is 11.8. The summed E-state index contributed by atoms with van der Waals surface area (Å²) in [5.41, 5.74) is 1.95. The van der Waals surface area contributed by atoms with E-state index in [1.54, 1.807) is 0 Å². The molecule has 1 aromatic heterocycles. The van der Waals surface area contributed by atoms with Crippen LogP contribution in [0.3, 0.4) is 0 Å². The number of carbonyl (C=O) groups excluding carboxylic acids is 1. The predicted octanol–water partition coefficient (Wildman–Crippen LogP) is 3.00. The van der Waals surface area contributed by atoms with E-state index in [1.165, 1.54) is 25.3 Å². The lowest BCUT2D eigenvalue weighted by atomic mass is 10.1. The summed E-state index contributed by atoms with van der Waals surface area (Å²) in [5.74, 6) is -0.239. The van der Waals surface area contributed by atoms with Gasteiger partial charge in [0.1, 0.15) is 0 Å². The van der Waals surface area contributed by atoms with E-state index < -0.39 is 4.92 Å². The summed E-state index contributed by atoms with van der Waals surface area (Å²) in [4.78, 5) is 22.6. The molecule has 0 unspecified atom stereocenters. The maximum Gasteiger partial charge on any atom is 0.311 e. The maximum absolute atomic E-state index is 12.2. The van der Waals surface area contributed by atoms with Crippen LogP contribution in [0.4, 0.5) is 5.69 Å². The molecule has 0 atom stereocenters. The number of aromatic nitrogens is 2. The van der Waals surface area contributed by atoms with Crippen molar-refractivity contribution in [2.24, 2.45) is 0 Å². The van der Waals surface area contributed by atoms with Gasteiger partial charge in [0.2, 0.25) is 0 Å². The number of halogens is 1. The molecule has 1 heterocycles. The van der Waals surface area contributed by atoms with Crippen LogP contribution in [0.2, 0.25) is 0 Å². The van der Waals surface area contributed by atoms with Gasteiger partial charge in [-0.3, -0.25) is 19.6 Å². The fourth-order valence-electron chi connectivity index (χ4n) is 2.40. The molecule has 2 rings (SSSR count). The molecule has 0 radical (unpaired) electrons. The first-order valence-electron chi connectivity index (χ1n) is 7.65. The molecule has 0 fully saturated rings. The van der Waals surface area contributed by atoms with Crippen LogP contribution >= 0.6 is 15.9 Å². The van der Waals surface area contributed by atoms with Crippen molar-refractivity contribution in [3.8, 4) is 5.75 Å². The standard InChI is InChI=1S/C16H19BrN4O4/c1-10-15(17)11(2)20(19-10)8-4-7-18-16(22)12-5-6-14(25-3)13(9-12)21(23)24/h5-6,9H,4,7-8H2,1-3H3,(H,18,22). The van der Waals surface area contributed by atoms with E-state index in [9.17, 15) is 14.9 Å². The molecule has 1 N–H and O–H groups in total. The summed E-state index contributed by atoms with van der Waals surface area (Å²) >= 11 is 3.47. The number of nitrogens with one attached hydrogen (secondary N) is 1. The van der Waals surface area contributed by atoms with E-state index in [1.807, 2.05) is 18.5 Å². The summed E-state index contributed by atoms with van der Waals surface area (Å²) in [6.45, 7) is 5.00. The van der Waals surface area contributed by atoms with E-state index in [0.29, 0.717) is 19.5 Å². The molecule has 0 saturated carbocycles. The van der Waals surface area contributed by atoms with Crippen LogP contribution in [0, 0.1) is 24.0 Å². The Morgan fingerprint density at radius 1 is 1.44 bits per heavy atom. The number of amides is 1. The van der Waals surface area contributed by atoms with Crippen molar-refractivity contribution in [2.45, 2.75) is 26.8 Å². The van der Waals surface area contributed by atoms with Crippen LogP contribution in [-0.2, 0) is 6.54 Å². The summed E-state index contributed by atoms with van der Waals surface area (Å²) in [5, 5.41) is 18.2. The van der Waals surface area contributed by atoms with Crippen molar-refractivity contribution in [1.82, 2.24) is 15.1 Å². The molecular formula is C16H19BrN4O4. The summed E-state index contributed by atoms with van der Waals surface area (Å²) < 4.78 is 7.79. The van der Waals surface area contributed by atoms with Crippen molar-refractivity contribution in [3.05, 3.63) is 49.7 Å². The highest BCUT2D eigenvalue weighted by Gasteiger charge is 2.18. The van der Waals surface area contributed by atoms with Crippen LogP contribution in [-0.4, -0.2) is 34.3 Å². The third-order valence-corrected chi connectivity index (χ3v) is 4.91. The molecule has 2 aromatic rings. The van der Waals surface area contributed by atoms with Gasteiger partial charge in [-0.05, 0) is 48.3 Å². The van der Waals surface area contributed by atoms with E-state index in [-0.39, 0.29) is 22.9 Å². The first kappa shape index (κ1) is 18.9. The molecule has 0 bridgehead atoms. The van der Waals surface area contributed by atoms with Gasteiger partial charge in [-0.15, -0.1) is 0 Å². The molecule has 0 aliphatic rings. The Balaban J connectivity index is 1.93. The number of nitrogens with zero attached hydrogens (tertiary/aromatic N) is 3. The van der Waals surface area contributed by atoms with Gasteiger partial charge >= 0.3 is 5.69 Å². The van der Waals surface area contributed by atoms with Crippen LogP contribution in [0.25, 0.3) is 0 Å². The second-order valence-corrected chi connectivity index (χ2v) is 6.25. The normalized spacial score (nSPS) is 10.6. The zero-order valence-corrected chi connectivity index (χ0v) is 15.8. The van der Waals surface area contributed by atoms with Gasteiger partial charge in [0.15, 0.2) is 5.75 Å². The number of hydrogen-bond donors (Lipinski definition) is 1. The number of carbonyl (C=O) groups is 1.